The van der Waals surface area contributed by atoms with Gasteiger partial charge in [-0.15, -0.1) is 0 Å². The van der Waals surface area contributed by atoms with E-state index in [1.807, 2.05) is 36.4 Å². The van der Waals surface area contributed by atoms with Gasteiger partial charge in [-0.3, -0.25) is 9.59 Å². The summed E-state index contributed by atoms with van der Waals surface area (Å²) in [7, 11) is 0. The molecule has 2 aromatic carbocycles. The fourth-order valence-electron chi connectivity index (χ4n) is 3.54. The summed E-state index contributed by atoms with van der Waals surface area (Å²) in [5.41, 5.74) is 3.54. The zero-order valence-electron chi connectivity index (χ0n) is 17.8. The van der Waals surface area contributed by atoms with Crippen molar-refractivity contribution in [3.8, 4) is 0 Å². The van der Waals surface area contributed by atoms with Crippen molar-refractivity contribution in [1.29, 1.82) is 0 Å². The molecule has 2 aliphatic rings. The van der Waals surface area contributed by atoms with Crippen LogP contribution >= 0.6 is 0 Å². The maximum atomic E-state index is 11.7. The van der Waals surface area contributed by atoms with Gasteiger partial charge in [-0.05, 0) is 48.6 Å². The van der Waals surface area contributed by atoms with Gasteiger partial charge in [-0.2, -0.15) is 0 Å². The average molecular weight is 465 g/mol. The fourth-order valence-corrected chi connectivity index (χ4v) is 3.54. The number of hydrogen-bond acceptors (Lipinski definition) is 8. The normalized spacial score (nSPS) is 15.4. The number of aliphatic hydroxyl groups excluding tert-OH is 2. The van der Waals surface area contributed by atoms with Gasteiger partial charge in [0, 0.05) is 0 Å². The van der Waals surface area contributed by atoms with Gasteiger partial charge < -0.3 is 19.0 Å². The van der Waals surface area contributed by atoms with Gasteiger partial charge in [-0.25, -0.2) is 9.97 Å². The number of Topliss-reactive ketones (excluding diaryl/α,β-unsaturated/α-hetero) is 2. The first-order chi connectivity index (χ1) is 16.5. The summed E-state index contributed by atoms with van der Waals surface area (Å²) < 4.78 is 11.0. The third kappa shape index (κ3) is 4.88. The number of para-hydroxylation sites is 4. The van der Waals surface area contributed by atoms with Crippen LogP contribution in [0.2, 0.25) is 0 Å². The number of rotatable bonds is 2. The number of nitrogens with zero attached hydrogens (tertiary/aromatic N) is 2. The van der Waals surface area contributed by atoms with Gasteiger partial charge in [0.15, 0.2) is 22.7 Å². The van der Waals surface area contributed by atoms with Gasteiger partial charge >= 0.3 is 10.1 Å². The van der Waals surface area contributed by atoms with Gasteiger partial charge in [0.1, 0.15) is 11.0 Å². The zero-order valence-corrected chi connectivity index (χ0v) is 17.8. The van der Waals surface area contributed by atoms with Crippen LogP contribution in [0, 0.1) is 0 Å². The van der Waals surface area contributed by atoms with Crippen LogP contribution in [0.25, 0.3) is 33.3 Å². The second-order valence-electron chi connectivity index (χ2n) is 7.65. The molecule has 6 rings (SSSR count). The number of ketones is 2. The summed E-state index contributed by atoms with van der Waals surface area (Å²) in [4.78, 5) is 31.9. The second-order valence-corrected chi connectivity index (χ2v) is 7.65. The molecule has 0 bridgehead atoms. The number of aromatic nitrogens is 2. The average Bonchev–Trinajstić information content (AvgIpc) is 3.43. The third-order valence-electron chi connectivity index (χ3n) is 5.22. The number of hydrogen-bond donors (Lipinski definition) is 2. The summed E-state index contributed by atoms with van der Waals surface area (Å²) in [6.07, 6.45) is 6.06. The number of aliphatic hydroxyl groups is 2. The predicted octanol–water partition coefficient (Wildman–Crippen LogP) is 4.34. The number of carbonyl (C=O) groups excluding carboxylic acids is 2. The minimum absolute atomic E-state index is 0. The van der Waals surface area contributed by atoms with Gasteiger partial charge in [0.05, 0.1) is 35.5 Å². The Bertz CT molecular complexity index is 1390. The van der Waals surface area contributed by atoms with Gasteiger partial charge in [0.25, 0.3) is 0 Å². The molecule has 2 N–H and O–H groups in total. The zero-order chi connectivity index (χ0) is 23.7. The molecule has 0 atom stereocenters. The van der Waals surface area contributed by atoms with E-state index in [1.165, 1.54) is 24.3 Å². The summed E-state index contributed by atoms with van der Waals surface area (Å²) in [5, 5.41) is 18.5. The first-order valence-electron chi connectivity index (χ1n) is 10.5. The van der Waals surface area contributed by atoms with Crippen molar-refractivity contribution in [3.63, 3.8) is 0 Å². The van der Waals surface area contributed by atoms with Crippen molar-refractivity contribution in [2.24, 2.45) is 0 Å². The van der Waals surface area contributed by atoms with Crippen molar-refractivity contribution in [3.05, 3.63) is 96.1 Å². The van der Waals surface area contributed by atoms with Crippen molar-refractivity contribution in [2.45, 2.75) is 12.8 Å². The van der Waals surface area contributed by atoms with Crippen LogP contribution in [0.15, 0.2) is 93.2 Å². The maximum absolute atomic E-state index is 11.7. The Kier molecular flexibility index (Phi) is 6.57. The van der Waals surface area contributed by atoms with Crippen molar-refractivity contribution < 1.29 is 28.6 Å². The summed E-state index contributed by atoms with van der Waals surface area (Å²) in [6, 6.07) is 14.7. The molecule has 172 valence electrons. The van der Waals surface area contributed by atoms with Crippen LogP contribution in [0.1, 0.15) is 24.6 Å². The third-order valence-corrected chi connectivity index (χ3v) is 5.22. The van der Waals surface area contributed by atoms with E-state index in [2.05, 4.69) is 9.97 Å². The summed E-state index contributed by atoms with van der Waals surface area (Å²) in [6.45, 7) is 0. The minimum atomic E-state index is -0.184. The Morgan fingerprint density at radius 2 is 1.03 bits per heavy atom. The molecule has 0 fully saturated rings. The van der Waals surface area contributed by atoms with Crippen LogP contribution in [0.4, 0.5) is 0 Å². The number of allylic oxidation sites excluding steroid dienone is 8. The van der Waals surface area contributed by atoms with Crippen LogP contribution in [-0.2, 0) is 9.59 Å². The first kappa shape index (κ1) is 23.6. The van der Waals surface area contributed by atoms with Gasteiger partial charge in [-0.1, -0.05) is 24.3 Å². The van der Waals surface area contributed by atoms with Gasteiger partial charge in [0.2, 0.25) is 11.8 Å². The molecule has 0 aliphatic heterocycles. The van der Waals surface area contributed by atoms with E-state index in [9.17, 15) is 19.8 Å². The first-order valence-corrected chi connectivity index (χ1v) is 10.5. The van der Waals surface area contributed by atoms with E-state index < -0.39 is 0 Å². The quantitative estimate of drug-likeness (QED) is 0.419. The standard InChI is InChI=1S/2C13H9NO3.Be.2H/c2*15-8-5-6-9(11(16)7-8)13-14-10-3-1-2-4-12(10)17-13;;;/h2*1-6,15H,7H2;;;. The van der Waals surface area contributed by atoms with Crippen LogP contribution in [0.5, 0.6) is 0 Å². The second kappa shape index (κ2) is 9.75. The molecule has 0 unspecified atom stereocenters. The molecule has 2 heterocycles. The Balaban J connectivity index is 0.000000160. The Morgan fingerprint density at radius 1 is 0.629 bits per heavy atom. The van der Waals surface area contributed by atoms with E-state index in [0.717, 1.165) is 11.0 Å². The predicted molar refractivity (Wildman–Crippen MR) is 133 cm³/mol. The number of oxazole rings is 2. The van der Waals surface area contributed by atoms with E-state index in [1.54, 1.807) is 12.1 Å². The molecule has 2 aromatic heterocycles. The molecular weight excluding hydrogens is 445 g/mol. The molecule has 9 heteroatoms. The van der Waals surface area contributed by atoms with Crippen LogP contribution in [0.3, 0.4) is 0 Å². The summed E-state index contributed by atoms with van der Waals surface area (Å²) >= 11 is 0. The molecule has 8 nitrogen and oxygen atoms in total. The Labute approximate surface area is 202 Å². The molecule has 2 aliphatic carbocycles. The molecule has 0 spiro atoms. The van der Waals surface area contributed by atoms with Crippen molar-refractivity contribution >= 4 is 55.0 Å². The van der Waals surface area contributed by atoms with Crippen LogP contribution in [-0.4, -0.2) is 41.9 Å². The van der Waals surface area contributed by atoms with Crippen LogP contribution < -0.4 is 0 Å². The topological polar surface area (TPSA) is 127 Å². The Morgan fingerprint density at radius 3 is 1.40 bits per heavy atom. The van der Waals surface area contributed by atoms with E-state index in [0.29, 0.717) is 34.1 Å². The number of fused-ring (bicyclic) bond motifs is 2. The molecule has 0 amide bonds. The van der Waals surface area contributed by atoms with E-state index in [4.69, 9.17) is 8.83 Å². The molecule has 0 radical (unpaired) electrons. The van der Waals surface area contributed by atoms with E-state index in [-0.39, 0.29) is 46.0 Å². The monoisotopic (exact) mass is 465 g/mol. The molecule has 0 saturated heterocycles. The Hall–Kier alpha value is -4.55. The SMILES string of the molecule is O=C1CC(O)=CC=C1c1nc2ccccc2o1.O=C1CC(O)=CC=C1c1nc2ccccc2o1.[BeH2]. The fraction of sp³-hybridized carbons (Fsp3) is 0.0769. The van der Waals surface area contributed by atoms with Crippen molar-refractivity contribution in [1.82, 2.24) is 9.97 Å². The summed E-state index contributed by atoms with van der Waals surface area (Å²) in [5.74, 6) is 0.373. The molecule has 35 heavy (non-hydrogen) atoms. The number of carbonyl (C=O) groups is 2. The molecular formula is C26H20BeN2O6. The van der Waals surface area contributed by atoms with Crippen molar-refractivity contribution in [2.75, 3.05) is 0 Å². The molecule has 4 aromatic rings. The number of benzene rings is 2. The molecule has 0 saturated carbocycles. The van der Waals surface area contributed by atoms with E-state index >= 15 is 0 Å².